The summed E-state index contributed by atoms with van der Waals surface area (Å²) in [6.07, 6.45) is 1.33. The summed E-state index contributed by atoms with van der Waals surface area (Å²) in [6, 6.07) is 10.9. The topological polar surface area (TPSA) is 84.1 Å². The fourth-order valence-corrected chi connectivity index (χ4v) is 3.32. The number of amides is 1. The van der Waals surface area contributed by atoms with Gasteiger partial charge in [-0.25, -0.2) is 9.78 Å². The van der Waals surface area contributed by atoms with E-state index in [4.69, 9.17) is 4.74 Å². The smallest absolute Gasteiger partial charge is 0.339 e. The molecule has 2 N–H and O–H groups in total. The van der Waals surface area contributed by atoms with Gasteiger partial charge in [0.05, 0.1) is 17.0 Å². The van der Waals surface area contributed by atoms with Crippen LogP contribution in [-0.4, -0.2) is 27.9 Å². The van der Waals surface area contributed by atoms with Gasteiger partial charge in [-0.15, -0.1) is 11.3 Å². The molecule has 3 heterocycles. The van der Waals surface area contributed by atoms with Crippen LogP contribution in [0, 0.1) is 0 Å². The number of nitrogens with zero attached hydrogens (tertiary/aromatic N) is 1. The van der Waals surface area contributed by atoms with Gasteiger partial charge in [0.1, 0.15) is 0 Å². The van der Waals surface area contributed by atoms with Crippen LogP contribution in [0.15, 0.2) is 48.0 Å². The molecule has 1 aromatic carbocycles. The Labute approximate surface area is 141 Å². The van der Waals surface area contributed by atoms with Crippen LogP contribution >= 0.6 is 11.3 Å². The lowest BCUT2D eigenvalue weighted by Crippen LogP contribution is -2.37. The van der Waals surface area contributed by atoms with Gasteiger partial charge in [0.15, 0.2) is 11.2 Å². The van der Waals surface area contributed by atoms with Crippen molar-refractivity contribution in [1.29, 1.82) is 0 Å². The van der Waals surface area contributed by atoms with Gasteiger partial charge >= 0.3 is 5.97 Å². The molecule has 0 radical (unpaired) electrons. The molecule has 0 unspecified atom stereocenters. The molecule has 0 spiro atoms. The normalized spacial score (nSPS) is 16.3. The molecular weight excluding hydrogens is 326 g/mol. The first-order valence-corrected chi connectivity index (χ1v) is 8.28. The lowest BCUT2D eigenvalue weighted by Gasteiger charge is -2.23. The Morgan fingerprint density at radius 2 is 2.17 bits per heavy atom. The summed E-state index contributed by atoms with van der Waals surface area (Å²) in [4.78, 5) is 31.8. The summed E-state index contributed by atoms with van der Waals surface area (Å²) in [5, 5.41) is 5.05. The first-order valence-electron chi connectivity index (χ1n) is 7.40. The number of rotatable bonds is 3. The molecule has 1 aliphatic rings. The highest BCUT2D eigenvalue weighted by Gasteiger charge is 2.31. The van der Waals surface area contributed by atoms with E-state index in [1.54, 1.807) is 12.1 Å². The predicted molar refractivity (Wildman–Crippen MR) is 89.9 cm³/mol. The van der Waals surface area contributed by atoms with Crippen molar-refractivity contribution < 1.29 is 14.3 Å². The number of anilines is 1. The number of H-pyrrole nitrogens is 1. The van der Waals surface area contributed by atoms with Crippen molar-refractivity contribution in [1.82, 2.24) is 9.97 Å². The molecule has 4 rings (SSSR count). The number of aromatic amines is 1. The largest absolute Gasteiger partial charge is 0.448 e. The lowest BCUT2D eigenvalue weighted by atomic mass is 9.98. The summed E-state index contributed by atoms with van der Waals surface area (Å²) in [5.41, 5.74) is 2.97. The number of hydrogen-bond acceptors (Lipinski definition) is 5. The van der Waals surface area contributed by atoms with Gasteiger partial charge in [-0.1, -0.05) is 18.2 Å². The summed E-state index contributed by atoms with van der Waals surface area (Å²) >= 11 is 1.32. The number of fused-ring (bicyclic) bond motifs is 1. The average molecular weight is 339 g/mol. The lowest BCUT2D eigenvalue weighted by molar-refractivity contribution is -0.125. The van der Waals surface area contributed by atoms with Crippen LogP contribution in [0.1, 0.15) is 15.9 Å². The molecule has 6 nitrogen and oxygen atoms in total. The van der Waals surface area contributed by atoms with E-state index in [0.29, 0.717) is 17.1 Å². The van der Waals surface area contributed by atoms with Crippen LogP contribution in [0.25, 0.3) is 11.4 Å². The van der Waals surface area contributed by atoms with Gasteiger partial charge in [0, 0.05) is 18.0 Å². The van der Waals surface area contributed by atoms with Crippen LogP contribution < -0.4 is 5.32 Å². The Morgan fingerprint density at radius 3 is 3.00 bits per heavy atom. The molecule has 120 valence electrons. The minimum absolute atomic E-state index is 0.364. The molecule has 2 aromatic heterocycles. The molecule has 3 aromatic rings. The van der Waals surface area contributed by atoms with Crippen molar-refractivity contribution in [2.24, 2.45) is 0 Å². The number of esters is 1. The van der Waals surface area contributed by atoms with E-state index in [1.807, 2.05) is 35.8 Å². The maximum Gasteiger partial charge on any atom is 0.339 e. The van der Waals surface area contributed by atoms with Gasteiger partial charge in [-0.2, -0.15) is 0 Å². The molecule has 0 bridgehead atoms. The maximum atomic E-state index is 12.4. The van der Waals surface area contributed by atoms with Crippen molar-refractivity contribution in [3.05, 3.63) is 59.1 Å². The number of ether oxygens (including phenoxy) is 1. The summed E-state index contributed by atoms with van der Waals surface area (Å²) in [5.74, 6) is -0.839. The number of cyclic esters (lactones) is 1. The van der Waals surface area contributed by atoms with E-state index in [2.05, 4.69) is 15.3 Å². The first-order chi connectivity index (χ1) is 11.7. The van der Waals surface area contributed by atoms with Crippen molar-refractivity contribution in [2.45, 2.75) is 12.5 Å². The number of carbonyl (C=O) groups is 2. The van der Waals surface area contributed by atoms with Gasteiger partial charge in [-0.3, -0.25) is 10.1 Å². The Kier molecular flexibility index (Phi) is 3.62. The third-order valence-electron chi connectivity index (χ3n) is 3.79. The van der Waals surface area contributed by atoms with Crippen LogP contribution in [-0.2, 0) is 16.0 Å². The Bertz CT molecular complexity index is 901. The zero-order chi connectivity index (χ0) is 16.5. The van der Waals surface area contributed by atoms with Crippen LogP contribution in [0.2, 0.25) is 0 Å². The first kappa shape index (κ1) is 14.6. The van der Waals surface area contributed by atoms with Crippen molar-refractivity contribution >= 4 is 28.3 Å². The van der Waals surface area contributed by atoms with Gasteiger partial charge in [0.25, 0.3) is 5.91 Å². The second-order valence-electron chi connectivity index (χ2n) is 5.37. The van der Waals surface area contributed by atoms with Crippen molar-refractivity contribution in [3.8, 4) is 11.4 Å². The van der Waals surface area contributed by atoms with Crippen LogP contribution in [0.3, 0.4) is 0 Å². The van der Waals surface area contributed by atoms with E-state index in [9.17, 15) is 9.59 Å². The number of hydrogen-bond donors (Lipinski definition) is 2. The van der Waals surface area contributed by atoms with Crippen LogP contribution in [0.4, 0.5) is 5.13 Å². The van der Waals surface area contributed by atoms with Gasteiger partial charge in [-0.05, 0) is 23.8 Å². The fraction of sp³-hybridized carbons (Fsp3) is 0.118. The van der Waals surface area contributed by atoms with Gasteiger partial charge in [0.2, 0.25) is 0 Å². The average Bonchev–Trinajstić information content (AvgIpc) is 3.26. The van der Waals surface area contributed by atoms with E-state index in [-0.39, 0.29) is 5.91 Å². The summed E-state index contributed by atoms with van der Waals surface area (Å²) in [7, 11) is 0. The number of nitrogens with one attached hydrogen (secondary N) is 2. The fourth-order valence-electron chi connectivity index (χ4n) is 2.61. The van der Waals surface area contributed by atoms with Gasteiger partial charge < -0.3 is 9.72 Å². The monoisotopic (exact) mass is 339 g/mol. The third kappa shape index (κ3) is 2.69. The number of aromatic nitrogens is 2. The second-order valence-corrected chi connectivity index (χ2v) is 6.22. The minimum atomic E-state index is -0.842. The predicted octanol–water partition coefficient (Wildman–Crippen LogP) is 2.86. The Morgan fingerprint density at radius 1 is 1.29 bits per heavy atom. The molecule has 0 fully saturated rings. The highest BCUT2D eigenvalue weighted by Crippen LogP contribution is 2.25. The van der Waals surface area contributed by atoms with Crippen molar-refractivity contribution in [2.75, 3.05) is 5.32 Å². The zero-order valence-corrected chi connectivity index (χ0v) is 13.3. The number of benzene rings is 1. The molecule has 0 saturated carbocycles. The zero-order valence-electron chi connectivity index (χ0n) is 12.5. The molecule has 24 heavy (non-hydrogen) atoms. The standard InChI is InChI=1S/C17H13N3O3S/c21-15(14-8-10-4-1-2-5-11(10)16(22)23-14)20-17-19-13(9-24-17)12-6-3-7-18-12/h1-7,9,14,18H,8H2,(H,19,20,21)/t14-/m0/s1. The molecule has 1 amide bonds. The van der Waals surface area contributed by atoms with Crippen LogP contribution in [0.5, 0.6) is 0 Å². The van der Waals surface area contributed by atoms with E-state index >= 15 is 0 Å². The molecule has 0 saturated heterocycles. The molecule has 1 aliphatic heterocycles. The number of carbonyl (C=O) groups excluding carboxylic acids is 2. The third-order valence-corrected chi connectivity index (χ3v) is 4.55. The Balaban J connectivity index is 1.48. The molecule has 7 heteroatoms. The van der Waals surface area contributed by atoms with E-state index in [0.717, 1.165) is 17.0 Å². The molecule has 1 atom stereocenters. The minimum Gasteiger partial charge on any atom is -0.448 e. The maximum absolute atomic E-state index is 12.4. The number of thiazole rings is 1. The molecule has 0 aliphatic carbocycles. The van der Waals surface area contributed by atoms with Crippen molar-refractivity contribution in [3.63, 3.8) is 0 Å². The highest BCUT2D eigenvalue weighted by molar-refractivity contribution is 7.14. The summed E-state index contributed by atoms with van der Waals surface area (Å²) < 4.78 is 5.25. The van der Waals surface area contributed by atoms with E-state index < -0.39 is 12.1 Å². The highest BCUT2D eigenvalue weighted by atomic mass is 32.1. The molecular formula is C17H13N3O3S. The quantitative estimate of drug-likeness (QED) is 0.719. The SMILES string of the molecule is O=C1O[C@H](C(=O)Nc2nc(-c3ccc[nH]3)cs2)Cc2ccccc21. The second kappa shape index (κ2) is 5.93. The van der Waals surface area contributed by atoms with E-state index in [1.165, 1.54) is 11.3 Å². The summed E-state index contributed by atoms with van der Waals surface area (Å²) in [6.45, 7) is 0. The Hall–Kier alpha value is -2.93.